The summed E-state index contributed by atoms with van der Waals surface area (Å²) in [5.41, 5.74) is 0. The summed E-state index contributed by atoms with van der Waals surface area (Å²) in [5, 5.41) is 10.6. The van der Waals surface area contributed by atoms with E-state index in [1.807, 2.05) is 6.26 Å². The van der Waals surface area contributed by atoms with Gasteiger partial charge >= 0.3 is 0 Å². The molecule has 5 nitrogen and oxygen atoms in total. The molecule has 16 heavy (non-hydrogen) atoms. The van der Waals surface area contributed by atoms with Crippen molar-refractivity contribution in [3.05, 3.63) is 0 Å². The summed E-state index contributed by atoms with van der Waals surface area (Å²) < 4.78 is 6.57. The van der Waals surface area contributed by atoms with Crippen molar-refractivity contribution in [1.82, 2.24) is 15.5 Å². The van der Waals surface area contributed by atoms with E-state index < -0.39 is 0 Å². The maximum atomic E-state index is 11.3. The monoisotopic (exact) mass is 279 g/mol. The molecule has 0 atom stereocenters. The number of amides is 1. The minimum Gasteiger partial charge on any atom is -0.383 e. The number of ether oxygens (including phenoxy) is 1. The normalized spacial score (nSPS) is 10.4. The molecule has 0 saturated heterocycles. The zero-order valence-corrected chi connectivity index (χ0v) is 11.5. The first-order valence-corrected chi connectivity index (χ1v) is 7.55. The number of rotatable bonds is 7. The summed E-state index contributed by atoms with van der Waals surface area (Å²) in [6.07, 6.45) is 1.95. The number of methoxy groups -OCH3 is 1. The quantitative estimate of drug-likeness (QED) is 0.596. The van der Waals surface area contributed by atoms with E-state index in [0.717, 1.165) is 8.68 Å². The van der Waals surface area contributed by atoms with Crippen molar-refractivity contribution in [2.75, 3.05) is 32.3 Å². The van der Waals surface area contributed by atoms with Crippen LogP contribution in [0.1, 0.15) is 0 Å². The van der Waals surface area contributed by atoms with Crippen LogP contribution in [0.15, 0.2) is 8.68 Å². The van der Waals surface area contributed by atoms with Crippen LogP contribution in [0.4, 0.5) is 0 Å². The Hall–Kier alpha value is -0.310. The molecule has 1 amide bonds. The number of nitrogens with one attached hydrogen (secondary N) is 1. The van der Waals surface area contributed by atoms with E-state index in [1.54, 1.807) is 18.9 Å². The molecule has 0 bridgehead atoms. The third-order valence-electron chi connectivity index (χ3n) is 1.52. The van der Waals surface area contributed by atoms with Crippen LogP contribution in [0.2, 0.25) is 0 Å². The van der Waals surface area contributed by atoms with Gasteiger partial charge in [0.2, 0.25) is 5.91 Å². The van der Waals surface area contributed by atoms with Gasteiger partial charge in [-0.05, 0) is 6.26 Å². The smallest absolute Gasteiger partial charge is 0.230 e. The number of carbonyl (C=O) groups is 1. The summed E-state index contributed by atoms with van der Waals surface area (Å²) in [4.78, 5) is 11.3. The molecule has 0 aliphatic carbocycles. The second-order valence-electron chi connectivity index (χ2n) is 2.67. The standard InChI is InChI=1S/C8H13N3O2S3/c1-13-4-3-9-6(12)5-15-8-11-10-7(14-2)16-8/h3-5H2,1-2H3,(H,9,12). The average molecular weight is 279 g/mol. The van der Waals surface area contributed by atoms with Crippen molar-refractivity contribution in [2.24, 2.45) is 0 Å². The second kappa shape index (κ2) is 7.88. The minimum absolute atomic E-state index is 0.0112. The van der Waals surface area contributed by atoms with Crippen molar-refractivity contribution >= 4 is 40.8 Å². The van der Waals surface area contributed by atoms with E-state index in [9.17, 15) is 4.79 Å². The lowest BCUT2D eigenvalue weighted by molar-refractivity contribution is -0.118. The van der Waals surface area contributed by atoms with Crippen molar-refractivity contribution in [3.8, 4) is 0 Å². The second-order valence-corrected chi connectivity index (χ2v) is 5.92. The Kier molecular flexibility index (Phi) is 6.78. The van der Waals surface area contributed by atoms with E-state index in [2.05, 4.69) is 15.5 Å². The number of thioether (sulfide) groups is 2. The van der Waals surface area contributed by atoms with Crippen LogP contribution in [-0.2, 0) is 9.53 Å². The van der Waals surface area contributed by atoms with Gasteiger partial charge in [-0.15, -0.1) is 10.2 Å². The van der Waals surface area contributed by atoms with Gasteiger partial charge in [-0.25, -0.2) is 0 Å². The first-order valence-electron chi connectivity index (χ1n) is 4.52. The summed E-state index contributed by atoms with van der Waals surface area (Å²) in [5.74, 6) is 0.357. The van der Waals surface area contributed by atoms with Crippen LogP contribution >= 0.6 is 34.9 Å². The molecule has 0 spiro atoms. The maximum Gasteiger partial charge on any atom is 0.230 e. The lowest BCUT2D eigenvalue weighted by Gasteiger charge is -2.02. The molecule has 1 heterocycles. The highest BCUT2D eigenvalue weighted by Gasteiger charge is 2.06. The molecule has 0 unspecified atom stereocenters. The van der Waals surface area contributed by atoms with Crippen LogP contribution in [-0.4, -0.2) is 48.4 Å². The lowest BCUT2D eigenvalue weighted by Crippen LogP contribution is -2.28. The fraction of sp³-hybridized carbons (Fsp3) is 0.625. The summed E-state index contributed by atoms with van der Waals surface area (Å²) >= 11 is 4.46. The fourth-order valence-electron chi connectivity index (χ4n) is 0.809. The van der Waals surface area contributed by atoms with E-state index >= 15 is 0 Å². The molecule has 0 fully saturated rings. The number of hydrogen-bond donors (Lipinski definition) is 1. The molecular formula is C8H13N3O2S3. The summed E-state index contributed by atoms with van der Waals surface area (Å²) in [6.45, 7) is 1.08. The average Bonchev–Trinajstić information content (AvgIpc) is 2.74. The Morgan fingerprint density at radius 1 is 1.50 bits per heavy atom. The van der Waals surface area contributed by atoms with Crippen molar-refractivity contribution < 1.29 is 9.53 Å². The highest BCUT2D eigenvalue weighted by atomic mass is 32.2. The van der Waals surface area contributed by atoms with Gasteiger partial charge in [0.1, 0.15) is 0 Å². The van der Waals surface area contributed by atoms with Crippen LogP contribution < -0.4 is 5.32 Å². The topological polar surface area (TPSA) is 64.1 Å². The van der Waals surface area contributed by atoms with Crippen molar-refractivity contribution in [2.45, 2.75) is 8.68 Å². The number of hydrogen-bond acceptors (Lipinski definition) is 7. The molecule has 90 valence electrons. The molecule has 8 heteroatoms. The van der Waals surface area contributed by atoms with Crippen molar-refractivity contribution in [1.29, 1.82) is 0 Å². The Bertz CT molecular complexity index is 332. The Morgan fingerprint density at radius 3 is 2.88 bits per heavy atom. The molecular weight excluding hydrogens is 266 g/mol. The summed E-state index contributed by atoms with van der Waals surface area (Å²) in [6, 6.07) is 0. The molecule has 1 aromatic rings. The van der Waals surface area contributed by atoms with Crippen LogP contribution in [0.3, 0.4) is 0 Å². The van der Waals surface area contributed by atoms with Crippen molar-refractivity contribution in [3.63, 3.8) is 0 Å². The zero-order valence-electron chi connectivity index (χ0n) is 9.06. The van der Waals surface area contributed by atoms with Gasteiger partial charge in [0.25, 0.3) is 0 Å². The zero-order chi connectivity index (χ0) is 11.8. The van der Waals surface area contributed by atoms with Gasteiger partial charge in [-0.3, -0.25) is 4.79 Å². The SMILES string of the molecule is COCCNC(=O)CSc1nnc(SC)s1. The Balaban J connectivity index is 2.20. The molecule has 1 aromatic heterocycles. The fourth-order valence-corrected chi connectivity index (χ4v) is 3.08. The van der Waals surface area contributed by atoms with Gasteiger partial charge in [-0.2, -0.15) is 0 Å². The first kappa shape index (κ1) is 13.8. The molecule has 0 aliphatic heterocycles. The first-order chi connectivity index (χ1) is 7.76. The number of carbonyl (C=O) groups excluding carboxylic acids is 1. The van der Waals surface area contributed by atoms with E-state index in [0.29, 0.717) is 18.9 Å². The van der Waals surface area contributed by atoms with E-state index in [-0.39, 0.29) is 5.91 Å². The van der Waals surface area contributed by atoms with E-state index in [1.165, 1.54) is 23.1 Å². The van der Waals surface area contributed by atoms with Gasteiger partial charge in [-0.1, -0.05) is 34.9 Å². The minimum atomic E-state index is -0.0112. The van der Waals surface area contributed by atoms with E-state index in [4.69, 9.17) is 4.74 Å². The third kappa shape index (κ3) is 5.15. The molecule has 0 aromatic carbocycles. The predicted molar refractivity (Wildman–Crippen MR) is 67.3 cm³/mol. The molecule has 1 rings (SSSR count). The Morgan fingerprint density at radius 2 is 2.25 bits per heavy atom. The Labute approximate surface area is 107 Å². The molecule has 0 saturated carbocycles. The van der Waals surface area contributed by atoms with Gasteiger partial charge in [0, 0.05) is 13.7 Å². The maximum absolute atomic E-state index is 11.3. The van der Waals surface area contributed by atoms with Crippen LogP contribution in [0, 0.1) is 0 Å². The van der Waals surface area contributed by atoms with Gasteiger partial charge in [0.15, 0.2) is 8.68 Å². The molecule has 0 radical (unpaired) electrons. The highest BCUT2D eigenvalue weighted by Crippen LogP contribution is 2.26. The lowest BCUT2D eigenvalue weighted by atomic mass is 10.6. The largest absolute Gasteiger partial charge is 0.383 e. The predicted octanol–water partition coefficient (Wildman–Crippen LogP) is 1.11. The number of aromatic nitrogens is 2. The molecule has 0 aliphatic rings. The van der Waals surface area contributed by atoms with Crippen LogP contribution in [0.5, 0.6) is 0 Å². The van der Waals surface area contributed by atoms with Crippen LogP contribution in [0.25, 0.3) is 0 Å². The highest BCUT2D eigenvalue weighted by molar-refractivity contribution is 8.03. The summed E-state index contributed by atoms with van der Waals surface area (Å²) in [7, 11) is 1.60. The molecule has 1 N–H and O–H groups in total. The number of nitrogens with zero attached hydrogens (tertiary/aromatic N) is 2. The van der Waals surface area contributed by atoms with Gasteiger partial charge in [0.05, 0.1) is 12.4 Å². The van der Waals surface area contributed by atoms with Gasteiger partial charge < -0.3 is 10.1 Å². The third-order valence-corrected chi connectivity index (χ3v) is 4.55.